The van der Waals surface area contributed by atoms with E-state index in [0.29, 0.717) is 33.7 Å². The molecule has 2 aromatic heterocycles. The highest BCUT2D eigenvalue weighted by Crippen LogP contribution is 2.39. The summed E-state index contributed by atoms with van der Waals surface area (Å²) in [4.78, 5) is 20.5. The summed E-state index contributed by atoms with van der Waals surface area (Å²) in [6.45, 7) is 1.54. The molecule has 9 nitrogen and oxygen atoms in total. The molecule has 4 aromatic rings. The first kappa shape index (κ1) is 18.2. The van der Waals surface area contributed by atoms with Gasteiger partial charge in [-0.15, -0.1) is 0 Å². The van der Waals surface area contributed by atoms with Crippen LogP contribution in [0.4, 0.5) is 10.4 Å². The van der Waals surface area contributed by atoms with E-state index < -0.39 is 18.4 Å². The molecular formula is C20H17FN4O5. The van der Waals surface area contributed by atoms with E-state index in [1.165, 1.54) is 13.2 Å². The summed E-state index contributed by atoms with van der Waals surface area (Å²) in [5, 5.41) is 0. The van der Waals surface area contributed by atoms with Crippen molar-refractivity contribution >= 4 is 34.1 Å². The number of esters is 1. The van der Waals surface area contributed by atoms with Gasteiger partial charge in [-0.3, -0.25) is 0 Å². The van der Waals surface area contributed by atoms with Crippen molar-refractivity contribution in [2.24, 2.45) is 0 Å². The number of fused-ring (bicyclic) bond motifs is 1. The van der Waals surface area contributed by atoms with E-state index in [-0.39, 0.29) is 18.3 Å². The van der Waals surface area contributed by atoms with E-state index in [2.05, 4.69) is 14.7 Å². The van der Waals surface area contributed by atoms with Gasteiger partial charge in [0.05, 0.1) is 19.2 Å². The lowest BCUT2D eigenvalue weighted by atomic mass is 10.2. The van der Waals surface area contributed by atoms with Gasteiger partial charge in [0, 0.05) is 17.7 Å². The quantitative estimate of drug-likeness (QED) is 0.509. The SMILES string of the molecule is COC(=O)[C@H](C)Oc1cc2c3c(c1)nc(-c1ccc4oc(N)nc4c1)n3C[C@@H](F)O2. The number of nitrogen functional groups attached to an aromatic ring is 1. The number of imidazole rings is 1. The van der Waals surface area contributed by atoms with Crippen LogP contribution in [0.25, 0.3) is 33.5 Å². The molecule has 0 radical (unpaired) electrons. The smallest absolute Gasteiger partial charge is 0.346 e. The molecule has 154 valence electrons. The van der Waals surface area contributed by atoms with Crippen molar-refractivity contribution < 1.29 is 27.8 Å². The summed E-state index contributed by atoms with van der Waals surface area (Å²) >= 11 is 0. The van der Waals surface area contributed by atoms with Crippen LogP contribution in [-0.4, -0.2) is 40.1 Å². The second-order valence-electron chi connectivity index (χ2n) is 6.88. The van der Waals surface area contributed by atoms with Crippen molar-refractivity contribution in [3.63, 3.8) is 0 Å². The highest BCUT2D eigenvalue weighted by atomic mass is 19.1. The number of carbonyl (C=O) groups is 1. The van der Waals surface area contributed by atoms with Crippen LogP contribution >= 0.6 is 0 Å². The third-order valence-corrected chi connectivity index (χ3v) is 4.87. The predicted molar refractivity (Wildman–Crippen MR) is 105 cm³/mol. The number of hydrogen-bond donors (Lipinski definition) is 1. The molecular weight excluding hydrogens is 395 g/mol. The molecule has 0 saturated heterocycles. The zero-order valence-electron chi connectivity index (χ0n) is 16.1. The Labute approximate surface area is 169 Å². The minimum atomic E-state index is -1.56. The Morgan fingerprint density at radius 2 is 2.13 bits per heavy atom. The Morgan fingerprint density at radius 3 is 2.93 bits per heavy atom. The van der Waals surface area contributed by atoms with Crippen molar-refractivity contribution in [1.82, 2.24) is 14.5 Å². The van der Waals surface area contributed by atoms with Gasteiger partial charge in [-0.1, -0.05) is 0 Å². The lowest BCUT2D eigenvalue weighted by Gasteiger charge is -2.22. The maximum absolute atomic E-state index is 14.4. The zero-order chi connectivity index (χ0) is 21.0. The fourth-order valence-electron chi connectivity index (χ4n) is 3.58. The second kappa shape index (κ2) is 6.61. The molecule has 0 aliphatic carbocycles. The molecule has 0 bridgehead atoms. The third-order valence-electron chi connectivity index (χ3n) is 4.87. The Morgan fingerprint density at radius 1 is 1.30 bits per heavy atom. The molecule has 0 spiro atoms. The Bertz CT molecular complexity index is 1300. The van der Waals surface area contributed by atoms with Gasteiger partial charge in [0.25, 0.3) is 12.4 Å². The highest BCUT2D eigenvalue weighted by Gasteiger charge is 2.27. The molecule has 2 atom stereocenters. The molecule has 2 aromatic carbocycles. The van der Waals surface area contributed by atoms with Crippen molar-refractivity contribution in [2.45, 2.75) is 25.9 Å². The molecule has 1 aliphatic rings. The van der Waals surface area contributed by atoms with Crippen molar-refractivity contribution in [1.29, 1.82) is 0 Å². The minimum absolute atomic E-state index is 0.0173. The topological polar surface area (TPSA) is 115 Å². The van der Waals surface area contributed by atoms with Crippen LogP contribution in [0.3, 0.4) is 0 Å². The number of methoxy groups -OCH3 is 1. The zero-order valence-corrected chi connectivity index (χ0v) is 16.1. The second-order valence-corrected chi connectivity index (χ2v) is 6.88. The van der Waals surface area contributed by atoms with Crippen LogP contribution in [0.5, 0.6) is 11.5 Å². The van der Waals surface area contributed by atoms with Crippen LogP contribution in [0.1, 0.15) is 6.92 Å². The summed E-state index contributed by atoms with van der Waals surface area (Å²) in [5.74, 6) is 0.613. The van der Waals surface area contributed by atoms with Gasteiger partial charge in [-0.25, -0.2) is 9.78 Å². The lowest BCUT2D eigenvalue weighted by Crippen LogP contribution is -2.25. The van der Waals surface area contributed by atoms with E-state index in [1.807, 2.05) is 0 Å². The Balaban J connectivity index is 1.64. The lowest BCUT2D eigenvalue weighted by molar-refractivity contribution is -0.147. The number of ether oxygens (including phenoxy) is 3. The summed E-state index contributed by atoms with van der Waals surface area (Å²) in [6, 6.07) is 8.60. The molecule has 30 heavy (non-hydrogen) atoms. The number of halogens is 1. The molecule has 5 rings (SSSR count). The van der Waals surface area contributed by atoms with Gasteiger partial charge in [-0.2, -0.15) is 9.37 Å². The monoisotopic (exact) mass is 412 g/mol. The van der Waals surface area contributed by atoms with Crippen LogP contribution in [0.2, 0.25) is 0 Å². The first-order chi connectivity index (χ1) is 14.4. The van der Waals surface area contributed by atoms with Crippen molar-refractivity contribution in [3.8, 4) is 22.9 Å². The molecule has 0 unspecified atom stereocenters. The van der Waals surface area contributed by atoms with Crippen LogP contribution in [0.15, 0.2) is 34.7 Å². The molecule has 1 aliphatic heterocycles. The maximum Gasteiger partial charge on any atom is 0.346 e. The first-order valence-corrected chi connectivity index (χ1v) is 9.19. The highest BCUT2D eigenvalue weighted by molar-refractivity contribution is 5.89. The van der Waals surface area contributed by atoms with E-state index >= 15 is 0 Å². The molecule has 0 saturated carbocycles. The Kier molecular flexibility index (Phi) is 4.02. The molecule has 3 heterocycles. The van der Waals surface area contributed by atoms with Gasteiger partial charge >= 0.3 is 5.97 Å². The number of nitrogens with zero attached hydrogens (tertiary/aromatic N) is 3. The number of aromatic nitrogens is 3. The molecule has 10 heteroatoms. The first-order valence-electron chi connectivity index (χ1n) is 9.19. The number of benzene rings is 2. The van der Waals surface area contributed by atoms with Gasteiger partial charge in [0.15, 0.2) is 17.4 Å². The van der Waals surface area contributed by atoms with Crippen LogP contribution in [-0.2, 0) is 16.1 Å². The van der Waals surface area contributed by atoms with E-state index in [0.717, 1.165) is 5.56 Å². The normalized spacial score (nSPS) is 16.4. The average Bonchev–Trinajstić information content (AvgIpc) is 3.26. The summed E-state index contributed by atoms with van der Waals surface area (Å²) < 4.78 is 37.1. The standard InChI is InChI=1S/C20H17FN4O5/c1-9(19(26)27-2)28-11-6-13-17-15(7-11)29-16(21)8-25(17)18(23-13)10-3-4-14-12(5-10)24-20(22)30-14/h3-7,9,16H,8H2,1-2H3,(H2,22,24)/t9-,16-/m0/s1. The van der Waals surface area contributed by atoms with Crippen molar-refractivity contribution in [2.75, 3.05) is 12.8 Å². The van der Waals surface area contributed by atoms with Gasteiger partial charge in [-0.05, 0) is 25.1 Å². The fraction of sp³-hybridized carbons (Fsp3) is 0.250. The fourth-order valence-corrected chi connectivity index (χ4v) is 3.58. The van der Waals surface area contributed by atoms with E-state index in [1.54, 1.807) is 35.8 Å². The number of anilines is 1. The summed E-state index contributed by atoms with van der Waals surface area (Å²) in [7, 11) is 1.28. The van der Waals surface area contributed by atoms with Gasteiger partial charge in [0.2, 0.25) is 0 Å². The van der Waals surface area contributed by atoms with Crippen LogP contribution < -0.4 is 15.2 Å². The minimum Gasteiger partial charge on any atom is -0.479 e. The van der Waals surface area contributed by atoms with Crippen molar-refractivity contribution in [3.05, 3.63) is 30.3 Å². The summed E-state index contributed by atoms with van der Waals surface area (Å²) in [5.41, 5.74) is 8.64. The Hall–Kier alpha value is -3.82. The van der Waals surface area contributed by atoms with E-state index in [4.69, 9.17) is 19.6 Å². The largest absolute Gasteiger partial charge is 0.479 e. The summed E-state index contributed by atoms with van der Waals surface area (Å²) in [6.07, 6.45) is -2.40. The molecule has 0 amide bonds. The number of oxazole rings is 1. The van der Waals surface area contributed by atoms with Gasteiger partial charge < -0.3 is 28.9 Å². The number of rotatable bonds is 4. The van der Waals surface area contributed by atoms with E-state index in [9.17, 15) is 9.18 Å². The molecule has 2 N–H and O–H groups in total. The third kappa shape index (κ3) is 2.88. The number of nitrogens with two attached hydrogens (primary N) is 1. The predicted octanol–water partition coefficient (Wildman–Crippen LogP) is 3.06. The number of carbonyl (C=O) groups excluding carboxylic acids is 1. The maximum atomic E-state index is 14.4. The average molecular weight is 412 g/mol. The van der Waals surface area contributed by atoms with Gasteiger partial charge in [0.1, 0.15) is 22.6 Å². The van der Waals surface area contributed by atoms with Crippen LogP contribution in [0, 0.1) is 0 Å². The molecule has 0 fully saturated rings. The number of hydrogen-bond acceptors (Lipinski definition) is 8. The number of alkyl halides is 1.